The molecule has 7 heteroatoms. The van der Waals surface area contributed by atoms with Crippen molar-refractivity contribution in [3.05, 3.63) is 34.3 Å². The Labute approximate surface area is 140 Å². The van der Waals surface area contributed by atoms with Crippen LogP contribution in [0.5, 0.6) is 0 Å². The lowest BCUT2D eigenvalue weighted by Crippen LogP contribution is -2.35. The van der Waals surface area contributed by atoms with Crippen LogP contribution in [0.3, 0.4) is 0 Å². The van der Waals surface area contributed by atoms with E-state index in [1.807, 2.05) is 11.8 Å². The lowest BCUT2D eigenvalue weighted by molar-refractivity contribution is -0.142. The highest BCUT2D eigenvalue weighted by Crippen LogP contribution is 2.26. The molecule has 0 aliphatic carbocycles. The Morgan fingerprint density at radius 2 is 2.05 bits per heavy atom. The van der Waals surface area contributed by atoms with Crippen molar-refractivity contribution in [3.63, 3.8) is 0 Å². The molecule has 1 fully saturated rings. The number of nitrogens with one attached hydrogen (secondary N) is 1. The maximum atomic E-state index is 12.1. The minimum atomic E-state index is -1.05. The van der Waals surface area contributed by atoms with Gasteiger partial charge in [-0.05, 0) is 17.7 Å². The molecule has 4 nitrogen and oxygen atoms in total. The molecule has 2 unspecified atom stereocenters. The van der Waals surface area contributed by atoms with Gasteiger partial charge in [0, 0.05) is 33.4 Å². The van der Waals surface area contributed by atoms with Crippen LogP contribution < -0.4 is 5.32 Å². The summed E-state index contributed by atoms with van der Waals surface area (Å²) in [5, 5.41) is 12.2. The summed E-state index contributed by atoms with van der Waals surface area (Å²) in [7, 11) is 0. The number of carboxylic acids is 1. The summed E-state index contributed by atoms with van der Waals surface area (Å²) in [6, 6.07) is 5.95. The van der Waals surface area contributed by atoms with Gasteiger partial charge in [-0.3, -0.25) is 4.79 Å². The van der Waals surface area contributed by atoms with E-state index in [9.17, 15) is 14.7 Å². The molecule has 0 spiro atoms. The molecule has 1 heterocycles. The molecule has 0 saturated carbocycles. The van der Waals surface area contributed by atoms with Crippen molar-refractivity contribution in [3.8, 4) is 0 Å². The highest BCUT2D eigenvalue weighted by molar-refractivity contribution is 9.10. The summed E-state index contributed by atoms with van der Waals surface area (Å²) in [6.07, 6.45) is 0.373. The first-order chi connectivity index (χ1) is 10.1. The molecule has 114 valence electrons. The van der Waals surface area contributed by atoms with Crippen LogP contribution >= 0.6 is 39.5 Å². The van der Waals surface area contributed by atoms with Gasteiger partial charge in [0.15, 0.2) is 6.04 Å². The zero-order chi connectivity index (χ0) is 15.2. The van der Waals surface area contributed by atoms with Crippen LogP contribution in [0.1, 0.15) is 18.0 Å². The Bertz CT molecular complexity index is 503. The maximum Gasteiger partial charge on any atom is 0.330 e. The molecular weight excluding hydrogens is 374 g/mol. The van der Waals surface area contributed by atoms with Crippen molar-refractivity contribution in [1.29, 1.82) is 0 Å². The Balaban J connectivity index is 1.97. The van der Waals surface area contributed by atoms with Gasteiger partial charge in [-0.1, -0.05) is 28.1 Å². The topological polar surface area (TPSA) is 66.4 Å². The van der Waals surface area contributed by atoms with Crippen LogP contribution in [0.4, 0.5) is 0 Å². The average molecular weight is 390 g/mol. The summed E-state index contributed by atoms with van der Waals surface area (Å²) in [6.45, 7) is 0. The Kier molecular flexibility index (Phi) is 6.44. The average Bonchev–Trinajstić information content (AvgIpc) is 2.47. The molecule has 1 saturated heterocycles. The van der Waals surface area contributed by atoms with Gasteiger partial charge in [-0.25, -0.2) is 4.79 Å². The first-order valence-corrected chi connectivity index (χ1v) is 9.53. The van der Waals surface area contributed by atoms with Gasteiger partial charge in [0.2, 0.25) is 5.91 Å². The molecule has 1 aromatic carbocycles. The van der Waals surface area contributed by atoms with Gasteiger partial charge < -0.3 is 10.4 Å². The van der Waals surface area contributed by atoms with Gasteiger partial charge in [0.05, 0.1) is 0 Å². The molecule has 21 heavy (non-hydrogen) atoms. The number of carbonyl (C=O) groups is 2. The van der Waals surface area contributed by atoms with Gasteiger partial charge >= 0.3 is 5.97 Å². The zero-order valence-corrected chi connectivity index (χ0v) is 14.5. The number of hydrogen-bond acceptors (Lipinski definition) is 4. The van der Waals surface area contributed by atoms with Gasteiger partial charge in [-0.2, -0.15) is 23.5 Å². The maximum absolute atomic E-state index is 12.1. The number of rotatable bonds is 5. The van der Waals surface area contributed by atoms with Crippen molar-refractivity contribution in [2.75, 3.05) is 17.3 Å². The number of hydrogen-bond donors (Lipinski definition) is 2. The first-order valence-electron chi connectivity index (χ1n) is 6.53. The molecule has 1 aromatic rings. The number of halogens is 1. The lowest BCUT2D eigenvalue weighted by atomic mass is 10.1. The zero-order valence-electron chi connectivity index (χ0n) is 11.3. The van der Waals surface area contributed by atoms with Gasteiger partial charge in [-0.15, -0.1) is 0 Å². The van der Waals surface area contributed by atoms with E-state index in [1.165, 1.54) is 0 Å². The number of benzene rings is 1. The van der Waals surface area contributed by atoms with Crippen LogP contribution in [0.2, 0.25) is 0 Å². The smallest absolute Gasteiger partial charge is 0.330 e. The molecule has 2 rings (SSSR count). The monoisotopic (exact) mass is 389 g/mol. The minimum absolute atomic E-state index is 0.203. The highest BCUT2D eigenvalue weighted by atomic mass is 79.9. The fourth-order valence-corrected chi connectivity index (χ4v) is 4.97. The van der Waals surface area contributed by atoms with Crippen LogP contribution in [-0.2, 0) is 9.59 Å². The van der Waals surface area contributed by atoms with Crippen LogP contribution in [-0.4, -0.2) is 39.5 Å². The standard InChI is InChI=1S/C14H16BrNO3S2/c15-10-3-1-9(2-4-10)13(14(18)19)16-12(17)7-11-8-20-5-6-21-11/h1-4,11,13H,5-8H2,(H,16,17)(H,18,19). The van der Waals surface area contributed by atoms with Crippen LogP contribution in [0, 0.1) is 0 Å². The van der Waals surface area contributed by atoms with E-state index >= 15 is 0 Å². The van der Waals surface area contributed by atoms with Crippen molar-refractivity contribution < 1.29 is 14.7 Å². The quantitative estimate of drug-likeness (QED) is 0.810. The van der Waals surface area contributed by atoms with Gasteiger partial charge in [0.1, 0.15) is 0 Å². The number of carboxylic acid groups (broad SMARTS) is 1. The van der Waals surface area contributed by atoms with Crippen molar-refractivity contribution >= 4 is 51.3 Å². The van der Waals surface area contributed by atoms with E-state index in [4.69, 9.17) is 0 Å². The fourth-order valence-electron chi connectivity index (χ4n) is 2.02. The SMILES string of the molecule is O=C(CC1CSCCS1)NC(C(=O)O)c1ccc(Br)cc1. The van der Waals surface area contributed by atoms with Crippen molar-refractivity contribution in [2.45, 2.75) is 17.7 Å². The van der Waals surface area contributed by atoms with Gasteiger partial charge in [0.25, 0.3) is 0 Å². The summed E-state index contributed by atoms with van der Waals surface area (Å²) in [5.41, 5.74) is 0.574. The van der Waals surface area contributed by atoms with E-state index in [0.29, 0.717) is 12.0 Å². The molecule has 0 radical (unpaired) electrons. The predicted molar refractivity (Wildman–Crippen MR) is 90.8 cm³/mol. The number of thioether (sulfide) groups is 2. The second-order valence-corrected chi connectivity index (χ2v) is 8.14. The second kappa shape index (κ2) is 8.10. The predicted octanol–water partition coefficient (Wildman–Crippen LogP) is 2.93. The largest absolute Gasteiger partial charge is 0.479 e. The third-order valence-corrected chi connectivity index (χ3v) is 6.43. The normalized spacial score (nSPS) is 19.8. The number of aliphatic carboxylic acids is 1. The molecular formula is C14H16BrNO3S2. The molecule has 1 amide bonds. The Morgan fingerprint density at radius 1 is 1.33 bits per heavy atom. The van der Waals surface area contributed by atoms with E-state index in [2.05, 4.69) is 21.2 Å². The van der Waals surface area contributed by atoms with Crippen molar-refractivity contribution in [1.82, 2.24) is 5.32 Å². The van der Waals surface area contributed by atoms with E-state index in [-0.39, 0.29) is 11.2 Å². The molecule has 1 aliphatic rings. The molecule has 0 aromatic heterocycles. The summed E-state index contributed by atoms with van der Waals surface area (Å²) in [4.78, 5) is 23.4. The third-order valence-electron chi connectivity index (χ3n) is 3.05. The highest BCUT2D eigenvalue weighted by Gasteiger charge is 2.24. The fraction of sp³-hybridized carbons (Fsp3) is 0.429. The van der Waals surface area contributed by atoms with Crippen molar-refractivity contribution in [2.24, 2.45) is 0 Å². The van der Waals surface area contributed by atoms with E-state index in [1.54, 1.807) is 36.0 Å². The Morgan fingerprint density at radius 3 is 2.62 bits per heavy atom. The third kappa shape index (κ3) is 5.23. The molecule has 0 bridgehead atoms. The Hall–Kier alpha value is -0.660. The lowest BCUT2D eigenvalue weighted by Gasteiger charge is -2.21. The molecule has 1 aliphatic heterocycles. The number of amides is 1. The minimum Gasteiger partial charge on any atom is -0.479 e. The first kappa shape index (κ1) is 16.7. The molecule has 2 atom stereocenters. The van der Waals surface area contributed by atoms with Crippen LogP contribution in [0.25, 0.3) is 0 Å². The summed E-state index contributed by atoms with van der Waals surface area (Å²) >= 11 is 6.94. The van der Waals surface area contributed by atoms with Crippen LogP contribution in [0.15, 0.2) is 28.7 Å². The van der Waals surface area contributed by atoms with E-state index < -0.39 is 12.0 Å². The summed E-state index contributed by atoms with van der Waals surface area (Å²) in [5.74, 6) is 1.88. The summed E-state index contributed by atoms with van der Waals surface area (Å²) < 4.78 is 0.873. The molecule has 2 N–H and O–H groups in total. The number of carbonyl (C=O) groups excluding carboxylic acids is 1. The van der Waals surface area contributed by atoms with E-state index in [0.717, 1.165) is 21.7 Å². The second-order valence-electron chi connectivity index (χ2n) is 4.66.